The van der Waals surface area contributed by atoms with Gasteiger partial charge in [0.25, 0.3) is 0 Å². The zero-order valence-corrected chi connectivity index (χ0v) is 11.8. The molecular weight excluding hydrogens is 261 g/mol. The third-order valence-electron chi connectivity index (χ3n) is 2.17. The van der Waals surface area contributed by atoms with Crippen LogP contribution in [0.5, 0.6) is 5.75 Å². The molecule has 1 unspecified atom stereocenters. The largest absolute Gasteiger partial charge is 0.497 e. The standard InChI is InChI=1S/C12H17F3O2Si/c1-16-10-7-5-6-9(8-10)11(12(13,14)15)17-18(2,3)4/h5-8,11H,1-4H3. The minimum Gasteiger partial charge on any atom is -0.497 e. The van der Waals surface area contributed by atoms with Crippen molar-refractivity contribution in [2.45, 2.75) is 31.9 Å². The van der Waals surface area contributed by atoms with Crippen molar-refractivity contribution in [1.82, 2.24) is 0 Å². The third-order valence-corrected chi connectivity index (χ3v) is 3.11. The second-order valence-electron chi connectivity index (χ2n) is 4.93. The molecule has 1 atom stereocenters. The molecule has 0 heterocycles. The predicted molar refractivity (Wildman–Crippen MR) is 66.2 cm³/mol. The summed E-state index contributed by atoms with van der Waals surface area (Å²) in [6.45, 7) is 5.18. The highest BCUT2D eigenvalue weighted by Gasteiger charge is 2.44. The summed E-state index contributed by atoms with van der Waals surface area (Å²) in [4.78, 5) is 0. The van der Waals surface area contributed by atoms with Crippen LogP contribution in [-0.2, 0) is 4.43 Å². The fourth-order valence-corrected chi connectivity index (χ4v) is 2.46. The fourth-order valence-electron chi connectivity index (χ4n) is 1.48. The van der Waals surface area contributed by atoms with Crippen molar-refractivity contribution in [3.05, 3.63) is 29.8 Å². The van der Waals surface area contributed by atoms with Crippen molar-refractivity contribution < 1.29 is 22.3 Å². The highest BCUT2D eigenvalue weighted by atomic mass is 28.4. The number of ether oxygens (including phenoxy) is 1. The van der Waals surface area contributed by atoms with E-state index in [0.717, 1.165) is 0 Å². The Morgan fingerprint density at radius 3 is 2.22 bits per heavy atom. The zero-order chi connectivity index (χ0) is 14.0. The second kappa shape index (κ2) is 5.32. The fraction of sp³-hybridized carbons (Fsp3) is 0.500. The van der Waals surface area contributed by atoms with E-state index in [4.69, 9.17) is 9.16 Å². The first kappa shape index (κ1) is 15.0. The van der Waals surface area contributed by atoms with Crippen LogP contribution in [-0.4, -0.2) is 21.6 Å². The molecule has 102 valence electrons. The molecule has 0 aliphatic heterocycles. The molecule has 0 saturated carbocycles. The van der Waals surface area contributed by atoms with Crippen LogP contribution in [0.1, 0.15) is 11.7 Å². The van der Waals surface area contributed by atoms with Crippen LogP contribution in [0.2, 0.25) is 19.6 Å². The van der Waals surface area contributed by atoms with Gasteiger partial charge in [0.1, 0.15) is 5.75 Å². The second-order valence-corrected chi connectivity index (χ2v) is 9.39. The summed E-state index contributed by atoms with van der Waals surface area (Å²) in [5, 5.41) is 0. The summed E-state index contributed by atoms with van der Waals surface area (Å²) in [6, 6.07) is 5.89. The van der Waals surface area contributed by atoms with Gasteiger partial charge in [-0.15, -0.1) is 0 Å². The molecule has 0 aliphatic carbocycles. The van der Waals surface area contributed by atoms with Gasteiger partial charge >= 0.3 is 6.18 Å². The Morgan fingerprint density at radius 1 is 1.17 bits per heavy atom. The summed E-state index contributed by atoms with van der Waals surface area (Å²) in [6.07, 6.45) is -6.31. The molecule has 0 amide bonds. The molecule has 0 aliphatic rings. The minimum atomic E-state index is -4.42. The van der Waals surface area contributed by atoms with Gasteiger partial charge in [0, 0.05) is 0 Å². The number of rotatable bonds is 4. The monoisotopic (exact) mass is 278 g/mol. The average Bonchev–Trinajstić information content (AvgIpc) is 2.23. The van der Waals surface area contributed by atoms with Crippen molar-refractivity contribution in [2.75, 3.05) is 7.11 Å². The van der Waals surface area contributed by atoms with E-state index in [1.165, 1.54) is 25.3 Å². The lowest BCUT2D eigenvalue weighted by atomic mass is 10.1. The smallest absolute Gasteiger partial charge is 0.417 e. The minimum absolute atomic E-state index is 0.0734. The van der Waals surface area contributed by atoms with E-state index in [1.54, 1.807) is 25.7 Å². The van der Waals surface area contributed by atoms with Gasteiger partial charge in [0.15, 0.2) is 14.4 Å². The Labute approximate surface area is 106 Å². The molecule has 0 N–H and O–H groups in total. The first-order valence-electron chi connectivity index (χ1n) is 5.52. The van der Waals surface area contributed by atoms with Crippen LogP contribution in [0.15, 0.2) is 24.3 Å². The number of alkyl halides is 3. The van der Waals surface area contributed by atoms with Gasteiger partial charge in [-0.3, -0.25) is 0 Å². The highest BCUT2D eigenvalue weighted by molar-refractivity contribution is 6.69. The van der Waals surface area contributed by atoms with E-state index in [0.29, 0.717) is 5.75 Å². The van der Waals surface area contributed by atoms with Gasteiger partial charge in [0.2, 0.25) is 0 Å². The molecule has 2 nitrogen and oxygen atoms in total. The first-order valence-corrected chi connectivity index (χ1v) is 8.93. The van der Waals surface area contributed by atoms with Gasteiger partial charge in [-0.1, -0.05) is 12.1 Å². The zero-order valence-electron chi connectivity index (χ0n) is 10.8. The Balaban J connectivity index is 3.10. The molecule has 1 aromatic carbocycles. The van der Waals surface area contributed by atoms with E-state index in [9.17, 15) is 13.2 Å². The van der Waals surface area contributed by atoms with Crippen LogP contribution in [0.4, 0.5) is 13.2 Å². The van der Waals surface area contributed by atoms with Gasteiger partial charge in [-0.25, -0.2) is 0 Å². The van der Waals surface area contributed by atoms with Crippen LogP contribution in [0.3, 0.4) is 0 Å². The van der Waals surface area contributed by atoms with Crippen molar-refractivity contribution in [1.29, 1.82) is 0 Å². The molecular formula is C12H17F3O2Si. The highest BCUT2D eigenvalue weighted by Crippen LogP contribution is 2.38. The molecule has 0 aromatic heterocycles. The number of methoxy groups -OCH3 is 1. The maximum atomic E-state index is 13.0. The number of benzene rings is 1. The van der Waals surface area contributed by atoms with E-state index >= 15 is 0 Å². The SMILES string of the molecule is COc1cccc(C(O[Si](C)(C)C)C(F)(F)F)c1. The summed E-state index contributed by atoms with van der Waals surface area (Å²) in [5.41, 5.74) is 0.0734. The Morgan fingerprint density at radius 2 is 1.78 bits per heavy atom. The topological polar surface area (TPSA) is 18.5 Å². The molecule has 6 heteroatoms. The quantitative estimate of drug-likeness (QED) is 0.770. The van der Waals surface area contributed by atoms with Crippen LogP contribution >= 0.6 is 0 Å². The lowest BCUT2D eigenvalue weighted by Crippen LogP contribution is -2.35. The maximum Gasteiger partial charge on any atom is 0.417 e. The van der Waals surface area contributed by atoms with Crippen molar-refractivity contribution in [3.63, 3.8) is 0 Å². The number of halogens is 3. The molecule has 0 saturated heterocycles. The van der Waals surface area contributed by atoms with Crippen molar-refractivity contribution >= 4 is 8.32 Å². The van der Waals surface area contributed by atoms with E-state index in [2.05, 4.69) is 0 Å². The Hall–Kier alpha value is -1.01. The average molecular weight is 278 g/mol. The Bertz CT molecular complexity index is 399. The summed E-state index contributed by atoms with van der Waals surface area (Å²) < 4.78 is 49.3. The Kier molecular flexibility index (Phi) is 4.44. The molecule has 0 spiro atoms. The van der Waals surface area contributed by atoms with Gasteiger partial charge < -0.3 is 9.16 Å². The van der Waals surface area contributed by atoms with Crippen LogP contribution in [0, 0.1) is 0 Å². The predicted octanol–water partition coefficient (Wildman–Crippen LogP) is 4.15. The van der Waals surface area contributed by atoms with Crippen LogP contribution < -0.4 is 4.74 Å². The molecule has 1 rings (SSSR count). The normalized spacial score (nSPS) is 14.4. The van der Waals surface area contributed by atoms with E-state index < -0.39 is 20.6 Å². The van der Waals surface area contributed by atoms with E-state index in [-0.39, 0.29) is 5.56 Å². The van der Waals surface area contributed by atoms with Crippen molar-refractivity contribution in [2.24, 2.45) is 0 Å². The first-order chi connectivity index (χ1) is 8.13. The number of hydrogen-bond acceptors (Lipinski definition) is 2. The molecule has 1 aromatic rings. The summed E-state index contributed by atoms with van der Waals surface area (Å²) in [5.74, 6) is 0.390. The van der Waals surface area contributed by atoms with Gasteiger partial charge in [0.05, 0.1) is 7.11 Å². The third kappa shape index (κ3) is 4.34. The van der Waals surface area contributed by atoms with Crippen LogP contribution in [0.25, 0.3) is 0 Å². The van der Waals surface area contributed by atoms with E-state index in [1.807, 2.05) is 0 Å². The molecule has 0 bridgehead atoms. The number of hydrogen-bond donors (Lipinski definition) is 0. The summed E-state index contributed by atoms with van der Waals surface area (Å²) in [7, 11) is -0.884. The van der Waals surface area contributed by atoms with Crippen molar-refractivity contribution in [3.8, 4) is 5.75 Å². The lowest BCUT2D eigenvalue weighted by Gasteiger charge is -2.28. The van der Waals surface area contributed by atoms with Gasteiger partial charge in [-0.2, -0.15) is 13.2 Å². The lowest BCUT2D eigenvalue weighted by molar-refractivity contribution is -0.200. The molecule has 0 fully saturated rings. The molecule has 0 radical (unpaired) electrons. The maximum absolute atomic E-state index is 13.0. The molecule has 18 heavy (non-hydrogen) atoms. The summed E-state index contributed by atoms with van der Waals surface area (Å²) >= 11 is 0. The van der Waals surface area contributed by atoms with Gasteiger partial charge in [-0.05, 0) is 37.3 Å².